The molecule has 0 aliphatic carbocycles. The van der Waals surface area contributed by atoms with E-state index >= 15 is 0 Å². The number of aryl methyl sites for hydroxylation is 1. The van der Waals surface area contributed by atoms with E-state index in [-0.39, 0.29) is 17.2 Å². The lowest BCUT2D eigenvalue weighted by Crippen LogP contribution is -2.35. The van der Waals surface area contributed by atoms with Crippen LogP contribution >= 0.6 is 0 Å². The van der Waals surface area contributed by atoms with Crippen molar-refractivity contribution >= 4 is 11.6 Å². The highest BCUT2D eigenvalue weighted by Gasteiger charge is 2.24. The summed E-state index contributed by atoms with van der Waals surface area (Å²) in [5.74, 6) is 0.133. The third kappa shape index (κ3) is 4.67. The number of ether oxygens (including phenoxy) is 1. The van der Waals surface area contributed by atoms with Gasteiger partial charge in [-0.15, -0.1) is 0 Å². The van der Waals surface area contributed by atoms with Crippen LogP contribution < -0.4 is 4.74 Å². The minimum absolute atomic E-state index is 0.111. The molecule has 0 N–H and O–H groups in total. The molecule has 1 amide bonds. The van der Waals surface area contributed by atoms with Gasteiger partial charge in [0.15, 0.2) is 0 Å². The van der Waals surface area contributed by atoms with E-state index in [9.17, 15) is 14.9 Å². The molecule has 0 atom stereocenters. The Hall–Kier alpha value is -2.93. The average molecular weight is 383 g/mol. The van der Waals surface area contributed by atoms with E-state index in [2.05, 4.69) is 36.1 Å². The molecule has 1 fully saturated rings. The van der Waals surface area contributed by atoms with Crippen LogP contribution in [0.5, 0.6) is 5.75 Å². The molecule has 0 unspecified atom stereocenters. The first-order valence-electron chi connectivity index (χ1n) is 9.37. The minimum Gasteiger partial charge on any atom is -0.496 e. The van der Waals surface area contributed by atoms with Gasteiger partial charge in [0.2, 0.25) is 0 Å². The molecule has 3 rings (SSSR count). The summed E-state index contributed by atoms with van der Waals surface area (Å²) in [5.41, 5.74) is 2.62. The molecule has 0 bridgehead atoms. The van der Waals surface area contributed by atoms with Crippen LogP contribution in [0, 0.1) is 17.0 Å². The molecule has 2 aromatic rings. The molecular weight excluding hydrogens is 358 g/mol. The van der Waals surface area contributed by atoms with Crippen LogP contribution in [0.3, 0.4) is 0 Å². The van der Waals surface area contributed by atoms with Crippen LogP contribution in [-0.2, 0) is 6.54 Å². The zero-order chi connectivity index (χ0) is 20.1. The molecule has 0 spiro atoms. The molecular formula is C21H25N3O4. The maximum absolute atomic E-state index is 13.0. The summed E-state index contributed by atoms with van der Waals surface area (Å²) in [7, 11) is 1.46. The Morgan fingerprint density at radius 2 is 1.86 bits per heavy atom. The van der Waals surface area contributed by atoms with Gasteiger partial charge in [0.25, 0.3) is 11.6 Å². The second-order valence-corrected chi connectivity index (χ2v) is 7.05. The largest absolute Gasteiger partial charge is 0.496 e. The molecule has 7 nitrogen and oxygen atoms in total. The lowest BCUT2D eigenvalue weighted by Gasteiger charge is -2.23. The van der Waals surface area contributed by atoms with E-state index in [1.165, 1.54) is 36.4 Å². The van der Waals surface area contributed by atoms with Gasteiger partial charge in [0.05, 0.1) is 17.6 Å². The molecule has 0 radical (unpaired) electrons. The predicted molar refractivity (Wildman–Crippen MR) is 107 cm³/mol. The van der Waals surface area contributed by atoms with E-state index in [0.29, 0.717) is 18.8 Å². The van der Waals surface area contributed by atoms with Crippen molar-refractivity contribution in [2.75, 3.05) is 33.3 Å². The first-order chi connectivity index (χ1) is 13.5. The normalized spacial score (nSPS) is 15.1. The monoisotopic (exact) mass is 383 g/mol. The Balaban J connectivity index is 1.69. The van der Waals surface area contributed by atoms with Crippen molar-refractivity contribution in [1.29, 1.82) is 0 Å². The van der Waals surface area contributed by atoms with E-state index in [0.717, 1.165) is 26.1 Å². The second-order valence-electron chi connectivity index (χ2n) is 7.05. The summed E-state index contributed by atoms with van der Waals surface area (Å²) in [4.78, 5) is 27.7. The third-order valence-corrected chi connectivity index (χ3v) is 5.03. The molecule has 1 heterocycles. The quantitative estimate of drug-likeness (QED) is 0.585. The van der Waals surface area contributed by atoms with E-state index < -0.39 is 4.92 Å². The van der Waals surface area contributed by atoms with Gasteiger partial charge in [-0.25, -0.2) is 0 Å². The number of rotatable bonds is 5. The molecule has 0 saturated carbocycles. The molecule has 0 aromatic heterocycles. The number of non-ortho nitro benzene ring substituents is 1. The van der Waals surface area contributed by atoms with Gasteiger partial charge >= 0.3 is 0 Å². The summed E-state index contributed by atoms with van der Waals surface area (Å²) in [5, 5.41) is 11.1. The number of hydrogen-bond acceptors (Lipinski definition) is 5. The van der Waals surface area contributed by atoms with Gasteiger partial charge in [-0.1, -0.05) is 29.8 Å². The molecule has 148 valence electrons. The molecule has 28 heavy (non-hydrogen) atoms. The zero-order valence-corrected chi connectivity index (χ0v) is 16.3. The minimum atomic E-state index is -0.498. The maximum Gasteiger partial charge on any atom is 0.270 e. The molecule has 2 aromatic carbocycles. The number of amides is 1. The standard InChI is InChI=1S/C21H25N3O4/c1-16-4-6-17(7-5-16)15-22-10-3-11-23(13-12-22)21(25)19-14-18(24(26)27)8-9-20(19)28-2/h4-9,14H,3,10-13,15H2,1-2H3. The summed E-state index contributed by atoms with van der Waals surface area (Å²) < 4.78 is 5.25. The van der Waals surface area contributed by atoms with Crippen molar-refractivity contribution in [2.24, 2.45) is 0 Å². The fraction of sp³-hybridized carbons (Fsp3) is 0.381. The fourth-order valence-corrected chi connectivity index (χ4v) is 3.43. The van der Waals surface area contributed by atoms with Crippen LogP contribution in [0.15, 0.2) is 42.5 Å². The first-order valence-corrected chi connectivity index (χ1v) is 9.37. The number of nitrogens with zero attached hydrogens (tertiary/aromatic N) is 3. The Kier molecular flexibility index (Phi) is 6.26. The van der Waals surface area contributed by atoms with E-state index in [1.807, 2.05) is 0 Å². The third-order valence-electron chi connectivity index (χ3n) is 5.03. The second kappa shape index (κ2) is 8.84. The van der Waals surface area contributed by atoms with Crippen LogP contribution in [0.25, 0.3) is 0 Å². The first kappa shape index (κ1) is 19.8. The number of carbonyl (C=O) groups is 1. The smallest absolute Gasteiger partial charge is 0.270 e. The zero-order valence-electron chi connectivity index (χ0n) is 16.3. The molecule has 1 aliphatic heterocycles. The van der Waals surface area contributed by atoms with Crippen molar-refractivity contribution in [3.8, 4) is 5.75 Å². The number of nitro groups is 1. The predicted octanol–water partition coefficient (Wildman–Crippen LogP) is 3.26. The summed E-state index contributed by atoms with van der Waals surface area (Å²) in [6.07, 6.45) is 0.856. The fourth-order valence-electron chi connectivity index (χ4n) is 3.43. The van der Waals surface area contributed by atoms with Crippen molar-refractivity contribution in [3.05, 3.63) is 69.3 Å². The molecule has 7 heteroatoms. The summed E-state index contributed by atoms with van der Waals surface area (Å²) in [6, 6.07) is 12.6. The number of hydrogen-bond donors (Lipinski definition) is 0. The number of methoxy groups -OCH3 is 1. The van der Waals surface area contributed by atoms with Gasteiger partial charge in [0.1, 0.15) is 5.75 Å². The average Bonchev–Trinajstić information content (AvgIpc) is 2.94. The van der Waals surface area contributed by atoms with E-state index in [1.54, 1.807) is 4.90 Å². The van der Waals surface area contributed by atoms with Gasteiger partial charge < -0.3 is 9.64 Å². The van der Waals surface area contributed by atoms with Crippen LogP contribution in [0.2, 0.25) is 0 Å². The van der Waals surface area contributed by atoms with Gasteiger partial charge in [-0.3, -0.25) is 19.8 Å². The Morgan fingerprint density at radius 1 is 1.11 bits per heavy atom. The van der Waals surface area contributed by atoms with Crippen molar-refractivity contribution < 1.29 is 14.5 Å². The number of carbonyl (C=O) groups excluding carboxylic acids is 1. The van der Waals surface area contributed by atoms with Gasteiger partial charge in [-0.2, -0.15) is 0 Å². The maximum atomic E-state index is 13.0. The van der Waals surface area contributed by atoms with Gasteiger partial charge in [0, 0.05) is 44.9 Å². The van der Waals surface area contributed by atoms with Crippen LogP contribution in [0.4, 0.5) is 5.69 Å². The highest BCUT2D eigenvalue weighted by molar-refractivity contribution is 5.97. The van der Waals surface area contributed by atoms with Gasteiger partial charge in [-0.05, 0) is 25.0 Å². The Labute approximate surface area is 164 Å². The topological polar surface area (TPSA) is 75.9 Å². The lowest BCUT2D eigenvalue weighted by atomic mass is 10.1. The lowest BCUT2D eigenvalue weighted by molar-refractivity contribution is -0.384. The highest BCUT2D eigenvalue weighted by Crippen LogP contribution is 2.26. The summed E-state index contributed by atoms with van der Waals surface area (Å²) in [6.45, 7) is 5.79. The number of benzene rings is 2. The highest BCUT2D eigenvalue weighted by atomic mass is 16.6. The molecule has 1 aliphatic rings. The Morgan fingerprint density at radius 3 is 2.54 bits per heavy atom. The van der Waals surface area contributed by atoms with Crippen molar-refractivity contribution in [3.63, 3.8) is 0 Å². The summed E-state index contributed by atoms with van der Waals surface area (Å²) >= 11 is 0. The van der Waals surface area contributed by atoms with Crippen molar-refractivity contribution in [1.82, 2.24) is 9.80 Å². The number of nitro benzene ring substituents is 1. The van der Waals surface area contributed by atoms with Crippen LogP contribution in [0.1, 0.15) is 27.9 Å². The molecule has 1 saturated heterocycles. The van der Waals surface area contributed by atoms with E-state index in [4.69, 9.17) is 4.74 Å². The van der Waals surface area contributed by atoms with Crippen molar-refractivity contribution in [2.45, 2.75) is 19.9 Å². The Bertz CT molecular complexity index is 851. The SMILES string of the molecule is COc1ccc([N+](=O)[O-])cc1C(=O)N1CCCN(Cc2ccc(C)cc2)CC1. The van der Waals surface area contributed by atoms with Crippen LogP contribution in [-0.4, -0.2) is 53.9 Å².